The maximum Gasteiger partial charge on any atom is 0.194 e. The fourth-order valence-corrected chi connectivity index (χ4v) is 5.63. The number of nitrogens with zero attached hydrogens (tertiary/aromatic N) is 2. The van der Waals surface area contributed by atoms with Crippen LogP contribution in [0.4, 0.5) is 0 Å². The number of hydrogen-bond donors (Lipinski definition) is 0. The molecule has 0 heterocycles. The van der Waals surface area contributed by atoms with Crippen molar-refractivity contribution in [1.29, 1.82) is 10.5 Å². The lowest BCUT2D eigenvalue weighted by Crippen LogP contribution is -2.19. The standard InChI is InChI=1S/C42H44N2O/c1-30(17-12-19-32(3)24-25-39-34(5)21-14-26-42(39,6)7)15-8-9-16-31(2)18-13-20-33(4)27-38-40(35(28-43)29-44)36-22-10-11-23-37(36)41(38)45/h8-13,15-20,22-25,27H,14,21,26H2,1-7H3/b9-8+,17-12+,18-13+,25-24+,30-15+,31-16+,32-19+,33-20+,38-27-. The predicted molar refractivity (Wildman–Crippen MR) is 189 cm³/mol. The molecule has 0 radical (unpaired) electrons. The van der Waals surface area contributed by atoms with Gasteiger partial charge in [0.1, 0.15) is 17.7 Å². The summed E-state index contributed by atoms with van der Waals surface area (Å²) in [6, 6.07) is 11.0. The van der Waals surface area contributed by atoms with Crippen molar-refractivity contribution < 1.29 is 4.79 Å². The van der Waals surface area contributed by atoms with Crippen molar-refractivity contribution >= 4 is 11.4 Å². The van der Waals surface area contributed by atoms with E-state index in [1.54, 1.807) is 30.3 Å². The number of rotatable bonds is 9. The van der Waals surface area contributed by atoms with E-state index in [1.807, 2.05) is 62.4 Å². The fraction of sp³-hybridized carbons (Fsp3) is 0.262. The van der Waals surface area contributed by atoms with E-state index in [4.69, 9.17) is 0 Å². The molecule has 0 unspecified atom stereocenters. The molecule has 0 N–H and O–H groups in total. The van der Waals surface area contributed by atoms with Crippen LogP contribution in [0, 0.1) is 28.1 Å². The fourth-order valence-electron chi connectivity index (χ4n) is 5.63. The number of hydrogen-bond acceptors (Lipinski definition) is 3. The largest absolute Gasteiger partial charge is 0.289 e. The first-order valence-corrected chi connectivity index (χ1v) is 15.5. The third kappa shape index (κ3) is 9.50. The Bertz CT molecular complexity index is 1740. The second kappa shape index (κ2) is 16.2. The highest BCUT2D eigenvalue weighted by Crippen LogP contribution is 2.41. The van der Waals surface area contributed by atoms with Crippen LogP contribution in [0.15, 0.2) is 148 Å². The predicted octanol–water partition coefficient (Wildman–Crippen LogP) is 11.1. The molecule has 0 amide bonds. The van der Waals surface area contributed by atoms with Gasteiger partial charge in [-0.15, -0.1) is 0 Å². The van der Waals surface area contributed by atoms with E-state index in [9.17, 15) is 15.3 Å². The summed E-state index contributed by atoms with van der Waals surface area (Å²) in [6.45, 7) is 15.1. The van der Waals surface area contributed by atoms with Gasteiger partial charge in [-0.1, -0.05) is 139 Å². The summed E-state index contributed by atoms with van der Waals surface area (Å²) < 4.78 is 0. The van der Waals surface area contributed by atoms with Gasteiger partial charge in [0.2, 0.25) is 0 Å². The quantitative estimate of drug-likeness (QED) is 0.163. The number of Topliss-reactive ketones (excluding diaryl/α,β-unsaturated/α-hetero) is 1. The molecule has 0 bridgehead atoms. The summed E-state index contributed by atoms with van der Waals surface area (Å²) in [4.78, 5) is 13.1. The van der Waals surface area contributed by atoms with E-state index in [2.05, 4.69) is 71.1 Å². The van der Waals surface area contributed by atoms with Crippen molar-refractivity contribution in [3.8, 4) is 12.1 Å². The summed E-state index contributed by atoms with van der Waals surface area (Å²) in [5.74, 6) is -0.172. The van der Waals surface area contributed by atoms with Gasteiger partial charge >= 0.3 is 0 Å². The molecule has 0 aliphatic heterocycles. The number of carbonyl (C=O) groups excluding carboxylic acids is 1. The summed E-state index contributed by atoms with van der Waals surface area (Å²) >= 11 is 0. The Morgan fingerprint density at radius 1 is 0.778 bits per heavy atom. The molecule has 1 aromatic rings. The van der Waals surface area contributed by atoms with Crippen LogP contribution in [-0.2, 0) is 0 Å². The lowest BCUT2D eigenvalue weighted by atomic mass is 9.72. The van der Waals surface area contributed by atoms with Gasteiger partial charge in [-0.25, -0.2) is 0 Å². The molecule has 0 aromatic heterocycles. The molecule has 0 saturated carbocycles. The van der Waals surface area contributed by atoms with Crippen molar-refractivity contribution in [3.63, 3.8) is 0 Å². The van der Waals surface area contributed by atoms with Crippen LogP contribution in [0.2, 0.25) is 0 Å². The zero-order valence-electron chi connectivity index (χ0n) is 27.7. The summed E-state index contributed by atoms with van der Waals surface area (Å²) in [7, 11) is 0. The van der Waals surface area contributed by atoms with Gasteiger partial charge in [0, 0.05) is 16.7 Å². The molecule has 3 heteroatoms. The molecular weight excluding hydrogens is 548 g/mol. The Morgan fingerprint density at radius 2 is 1.31 bits per heavy atom. The van der Waals surface area contributed by atoms with E-state index < -0.39 is 0 Å². The number of allylic oxidation sites excluding steroid dienone is 22. The summed E-state index contributed by atoms with van der Waals surface area (Å²) in [5, 5.41) is 19.0. The molecule has 0 fully saturated rings. The number of benzene rings is 1. The molecule has 3 nitrogen and oxygen atoms in total. The molecule has 1 aromatic carbocycles. The average Bonchev–Trinajstić information content (AvgIpc) is 3.26. The maximum atomic E-state index is 13.1. The first-order valence-electron chi connectivity index (χ1n) is 15.5. The third-order valence-electron chi connectivity index (χ3n) is 8.12. The Kier molecular flexibility index (Phi) is 12.4. The summed E-state index contributed by atoms with van der Waals surface area (Å²) in [6.07, 6.45) is 30.4. The van der Waals surface area contributed by atoms with Crippen LogP contribution < -0.4 is 0 Å². The van der Waals surface area contributed by atoms with E-state index in [1.165, 1.54) is 36.0 Å². The molecule has 2 aliphatic carbocycles. The Labute approximate surface area is 270 Å². The highest BCUT2D eigenvalue weighted by atomic mass is 16.1. The van der Waals surface area contributed by atoms with Gasteiger partial charge in [0.15, 0.2) is 5.78 Å². The number of carbonyl (C=O) groups is 1. The number of fused-ring (bicyclic) bond motifs is 1. The second-order valence-electron chi connectivity index (χ2n) is 12.4. The Morgan fingerprint density at radius 3 is 1.89 bits per heavy atom. The first kappa shape index (κ1) is 34.5. The van der Waals surface area contributed by atoms with Gasteiger partial charge < -0.3 is 0 Å². The summed E-state index contributed by atoms with van der Waals surface area (Å²) in [5.41, 5.74) is 9.44. The van der Waals surface area contributed by atoms with Crippen LogP contribution >= 0.6 is 0 Å². The van der Waals surface area contributed by atoms with Crippen molar-refractivity contribution in [3.05, 3.63) is 159 Å². The monoisotopic (exact) mass is 592 g/mol. The van der Waals surface area contributed by atoms with Crippen molar-refractivity contribution in [2.24, 2.45) is 5.41 Å². The number of nitriles is 2. The molecule has 2 aliphatic rings. The molecule has 0 spiro atoms. The van der Waals surface area contributed by atoms with E-state index in [0.717, 1.165) is 16.7 Å². The van der Waals surface area contributed by atoms with E-state index in [-0.39, 0.29) is 16.8 Å². The lowest BCUT2D eigenvalue weighted by molar-refractivity contribution is 0.104. The minimum atomic E-state index is -0.172. The molecule has 0 saturated heterocycles. The van der Waals surface area contributed by atoms with Crippen molar-refractivity contribution in [2.75, 3.05) is 0 Å². The Hall–Kier alpha value is -4.99. The molecule has 45 heavy (non-hydrogen) atoms. The van der Waals surface area contributed by atoms with Gasteiger partial charge in [0.25, 0.3) is 0 Å². The zero-order valence-corrected chi connectivity index (χ0v) is 27.7. The van der Waals surface area contributed by atoms with Crippen LogP contribution in [-0.4, -0.2) is 5.78 Å². The SMILES string of the molecule is CC1=C(/C=C/C(C)=C/C=C/C(C)=C/C=C/C=C(C)/C=C/C=C(C)/C=C2\C(=O)c3ccccc3C2=C(C#N)C#N)C(C)(C)CCC1. The topological polar surface area (TPSA) is 64.7 Å². The molecule has 3 rings (SSSR count). The highest BCUT2D eigenvalue weighted by molar-refractivity contribution is 6.27. The first-order chi connectivity index (χ1) is 21.5. The smallest absolute Gasteiger partial charge is 0.194 e. The van der Waals surface area contributed by atoms with Crippen LogP contribution in [0.1, 0.15) is 83.7 Å². The Balaban J connectivity index is 1.61. The van der Waals surface area contributed by atoms with E-state index >= 15 is 0 Å². The maximum absolute atomic E-state index is 13.1. The molecular formula is C42H44N2O. The minimum Gasteiger partial charge on any atom is -0.289 e. The second-order valence-corrected chi connectivity index (χ2v) is 12.4. The van der Waals surface area contributed by atoms with Gasteiger partial charge in [0.05, 0.1) is 0 Å². The van der Waals surface area contributed by atoms with Crippen LogP contribution in [0.3, 0.4) is 0 Å². The van der Waals surface area contributed by atoms with Crippen molar-refractivity contribution in [2.45, 2.75) is 67.7 Å². The molecule has 228 valence electrons. The van der Waals surface area contributed by atoms with Gasteiger partial charge in [-0.2, -0.15) is 10.5 Å². The van der Waals surface area contributed by atoms with Crippen LogP contribution in [0.25, 0.3) is 5.57 Å². The molecule has 0 atom stereocenters. The minimum absolute atomic E-state index is 0.0563. The van der Waals surface area contributed by atoms with Gasteiger partial charge in [-0.3, -0.25) is 4.79 Å². The third-order valence-corrected chi connectivity index (χ3v) is 8.12. The van der Waals surface area contributed by atoms with Crippen molar-refractivity contribution in [1.82, 2.24) is 0 Å². The zero-order chi connectivity index (χ0) is 33.0. The lowest BCUT2D eigenvalue weighted by Gasteiger charge is -2.32. The highest BCUT2D eigenvalue weighted by Gasteiger charge is 2.32. The average molecular weight is 593 g/mol. The van der Waals surface area contributed by atoms with Gasteiger partial charge in [-0.05, 0) is 76.5 Å². The van der Waals surface area contributed by atoms with Crippen LogP contribution in [0.5, 0.6) is 0 Å². The number of ketones is 1. The normalized spacial score (nSPS) is 19.0. The van der Waals surface area contributed by atoms with E-state index in [0.29, 0.717) is 22.3 Å².